The summed E-state index contributed by atoms with van der Waals surface area (Å²) in [6.45, 7) is 0.410. The number of rotatable bonds is 5. The lowest BCUT2D eigenvalue weighted by molar-refractivity contribution is -0.141. The summed E-state index contributed by atoms with van der Waals surface area (Å²) in [6.07, 6.45) is 2.27. The molecule has 1 heterocycles. The summed E-state index contributed by atoms with van der Waals surface area (Å²) in [5, 5.41) is 0.00284. The Hall–Kier alpha value is -1.14. The zero-order valence-corrected chi connectivity index (χ0v) is 13.1. The van der Waals surface area contributed by atoms with Crippen LogP contribution in [0, 0.1) is 0 Å². The number of methoxy groups -OCH3 is 1. The van der Waals surface area contributed by atoms with Gasteiger partial charge in [-0.3, -0.25) is 9.59 Å². The Morgan fingerprint density at radius 2 is 2.15 bits per heavy atom. The second-order valence-corrected chi connectivity index (χ2v) is 6.30. The minimum Gasteiger partial charge on any atom is -0.469 e. The summed E-state index contributed by atoms with van der Waals surface area (Å²) in [5.41, 5.74) is 1.10. The van der Waals surface area contributed by atoms with Crippen molar-refractivity contribution in [1.29, 1.82) is 0 Å². The Kier molecular flexibility index (Phi) is 5.37. The zero-order valence-electron chi connectivity index (χ0n) is 11.5. The largest absolute Gasteiger partial charge is 0.469 e. The lowest BCUT2D eigenvalue weighted by atomic mass is 10.2. The van der Waals surface area contributed by atoms with Gasteiger partial charge in [-0.15, -0.1) is 23.5 Å². The van der Waals surface area contributed by atoms with Crippen LogP contribution in [-0.2, 0) is 14.3 Å². The first-order valence-electron chi connectivity index (χ1n) is 6.27. The van der Waals surface area contributed by atoms with Crippen molar-refractivity contribution in [2.24, 2.45) is 0 Å². The quantitative estimate of drug-likeness (QED) is 0.618. The monoisotopic (exact) mass is 311 g/mol. The van der Waals surface area contributed by atoms with Crippen LogP contribution in [0.5, 0.6) is 0 Å². The van der Waals surface area contributed by atoms with Crippen LogP contribution in [-0.4, -0.2) is 42.4 Å². The Morgan fingerprint density at radius 3 is 2.75 bits per heavy atom. The van der Waals surface area contributed by atoms with Crippen LogP contribution >= 0.6 is 23.5 Å². The smallest absolute Gasteiger partial charge is 0.307 e. The summed E-state index contributed by atoms with van der Waals surface area (Å²) in [7, 11) is 1.36. The van der Waals surface area contributed by atoms with Crippen LogP contribution in [0.25, 0.3) is 0 Å². The molecule has 1 amide bonds. The van der Waals surface area contributed by atoms with Gasteiger partial charge in [-0.1, -0.05) is 12.1 Å². The van der Waals surface area contributed by atoms with E-state index in [0.29, 0.717) is 12.3 Å². The molecule has 1 unspecified atom stereocenters. The summed E-state index contributed by atoms with van der Waals surface area (Å²) < 4.78 is 4.63. The maximum Gasteiger partial charge on any atom is 0.307 e. The van der Waals surface area contributed by atoms with E-state index in [1.165, 1.54) is 12.0 Å². The van der Waals surface area contributed by atoms with Gasteiger partial charge in [0.15, 0.2) is 0 Å². The molecule has 0 aromatic heterocycles. The Labute approximate surface area is 127 Å². The molecule has 1 aromatic carbocycles. The molecule has 108 valence electrons. The number of benzene rings is 1. The van der Waals surface area contributed by atoms with Gasteiger partial charge in [-0.2, -0.15) is 0 Å². The molecule has 6 heteroatoms. The van der Waals surface area contributed by atoms with Crippen molar-refractivity contribution >= 4 is 35.4 Å². The molecule has 0 spiro atoms. The fraction of sp³-hybridized carbons (Fsp3) is 0.429. The highest BCUT2D eigenvalue weighted by atomic mass is 32.2. The highest BCUT2D eigenvalue weighted by Gasteiger charge is 2.32. The van der Waals surface area contributed by atoms with Crippen molar-refractivity contribution < 1.29 is 14.3 Å². The van der Waals surface area contributed by atoms with Crippen LogP contribution in [0.2, 0.25) is 0 Å². The number of ether oxygens (including phenoxy) is 1. The predicted octanol–water partition coefficient (Wildman–Crippen LogP) is 2.55. The van der Waals surface area contributed by atoms with Crippen molar-refractivity contribution in [3.63, 3.8) is 0 Å². The molecule has 0 saturated carbocycles. The first kappa shape index (κ1) is 15.3. The van der Waals surface area contributed by atoms with Gasteiger partial charge in [0.1, 0.15) is 5.37 Å². The minimum absolute atomic E-state index is 0.00284. The van der Waals surface area contributed by atoms with Crippen molar-refractivity contribution in [3.05, 3.63) is 29.8 Å². The van der Waals surface area contributed by atoms with E-state index in [1.54, 1.807) is 28.4 Å². The van der Waals surface area contributed by atoms with E-state index >= 15 is 0 Å². The lowest BCUT2D eigenvalue weighted by Gasteiger charge is -2.23. The molecule has 1 saturated heterocycles. The summed E-state index contributed by atoms with van der Waals surface area (Å²) in [6, 6.07) is 8.21. The minimum atomic E-state index is -0.286. The van der Waals surface area contributed by atoms with Crippen LogP contribution in [0.4, 0.5) is 0 Å². The molecule has 2 rings (SSSR count). The second-order valence-electron chi connectivity index (χ2n) is 4.35. The number of carbonyl (C=O) groups is 2. The molecule has 4 nitrogen and oxygen atoms in total. The SMILES string of the molecule is COC(=O)CCN1C(=O)CSC1c1ccc(SC)cc1. The van der Waals surface area contributed by atoms with Crippen LogP contribution in [0.15, 0.2) is 29.2 Å². The number of hydrogen-bond acceptors (Lipinski definition) is 5. The molecule has 0 radical (unpaired) electrons. The summed E-state index contributed by atoms with van der Waals surface area (Å²) in [4.78, 5) is 26.1. The molecule has 0 N–H and O–H groups in total. The van der Waals surface area contributed by atoms with Gasteiger partial charge < -0.3 is 9.64 Å². The number of nitrogens with zero attached hydrogens (tertiary/aromatic N) is 1. The lowest BCUT2D eigenvalue weighted by Crippen LogP contribution is -2.30. The highest BCUT2D eigenvalue weighted by Crippen LogP contribution is 2.38. The normalized spacial score (nSPS) is 18.4. The molecule has 1 atom stereocenters. The van der Waals surface area contributed by atoms with E-state index in [1.807, 2.05) is 18.4 Å². The molecule has 1 aromatic rings. The van der Waals surface area contributed by atoms with Gasteiger partial charge in [-0.25, -0.2) is 0 Å². The van der Waals surface area contributed by atoms with Gasteiger partial charge in [0.25, 0.3) is 0 Å². The average Bonchev–Trinajstić information content (AvgIpc) is 2.86. The molecule has 1 aliphatic rings. The van der Waals surface area contributed by atoms with Gasteiger partial charge >= 0.3 is 5.97 Å². The molecule has 1 aliphatic heterocycles. The van der Waals surface area contributed by atoms with Crippen LogP contribution in [0.3, 0.4) is 0 Å². The first-order valence-corrected chi connectivity index (χ1v) is 8.55. The number of thioether (sulfide) groups is 2. The molecule has 1 fully saturated rings. The third-order valence-electron chi connectivity index (χ3n) is 3.15. The van der Waals surface area contributed by atoms with E-state index in [9.17, 15) is 9.59 Å². The standard InChI is InChI=1S/C14H17NO3S2/c1-18-13(17)7-8-15-12(16)9-20-14(15)10-3-5-11(19-2)6-4-10/h3-6,14H,7-9H2,1-2H3. The average molecular weight is 311 g/mol. The van der Waals surface area contributed by atoms with Crippen molar-refractivity contribution in [1.82, 2.24) is 4.90 Å². The van der Waals surface area contributed by atoms with Gasteiger partial charge in [0.05, 0.1) is 19.3 Å². The van der Waals surface area contributed by atoms with Crippen LogP contribution in [0.1, 0.15) is 17.4 Å². The Bertz CT molecular complexity index is 490. The van der Waals surface area contributed by atoms with E-state index in [2.05, 4.69) is 16.9 Å². The Morgan fingerprint density at radius 1 is 1.45 bits per heavy atom. The predicted molar refractivity (Wildman–Crippen MR) is 81.8 cm³/mol. The maximum atomic E-state index is 11.9. The number of carbonyl (C=O) groups excluding carboxylic acids is 2. The highest BCUT2D eigenvalue weighted by molar-refractivity contribution is 8.00. The number of amides is 1. The number of hydrogen-bond donors (Lipinski definition) is 0. The Balaban J connectivity index is 2.08. The van der Waals surface area contributed by atoms with Crippen molar-refractivity contribution in [2.75, 3.05) is 25.7 Å². The zero-order chi connectivity index (χ0) is 14.5. The number of esters is 1. The third kappa shape index (κ3) is 3.49. The second kappa shape index (κ2) is 7.04. The van der Waals surface area contributed by atoms with Gasteiger partial charge in [0, 0.05) is 11.4 Å². The first-order chi connectivity index (χ1) is 9.65. The summed E-state index contributed by atoms with van der Waals surface area (Å²) >= 11 is 3.29. The topological polar surface area (TPSA) is 46.6 Å². The molecular formula is C14H17NO3S2. The summed E-state index contributed by atoms with van der Waals surface area (Å²) in [5.74, 6) is 0.264. The third-order valence-corrected chi connectivity index (χ3v) is 5.15. The van der Waals surface area contributed by atoms with Gasteiger partial charge in [0.2, 0.25) is 5.91 Å². The van der Waals surface area contributed by atoms with Crippen LogP contribution < -0.4 is 0 Å². The fourth-order valence-electron chi connectivity index (χ4n) is 2.05. The fourth-order valence-corrected chi connectivity index (χ4v) is 3.68. The molecule has 0 bridgehead atoms. The van der Waals surface area contributed by atoms with E-state index in [0.717, 1.165) is 5.56 Å². The molecular weight excluding hydrogens is 294 g/mol. The van der Waals surface area contributed by atoms with E-state index in [-0.39, 0.29) is 23.7 Å². The van der Waals surface area contributed by atoms with Crippen molar-refractivity contribution in [3.8, 4) is 0 Å². The van der Waals surface area contributed by atoms with E-state index < -0.39 is 0 Å². The van der Waals surface area contributed by atoms with E-state index in [4.69, 9.17) is 0 Å². The van der Waals surface area contributed by atoms with Gasteiger partial charge in [-0.05, 0) is 24.0 Å². The van der Waals surface area contributed by atoms with Crippen molar-refractivity contribution in [2.45, 2.75) is 16.7 Å². The molecule has 0 aliphatic carbocycles. The maximum absolute atomic E-state index is 11.9. The molecule has 20 heavy (non-hydrogen) atoms.